The van der Waals surface area contributed by atoms with Crippen molar-refractivity contribution in [1.82, 2.24) is 0 Å². The van der Waals surface area contributed by atoms with E-state index >= 15 is 0 Å². The standard InChI is InChI=1S/C14H12N4O2/c15-14(12-4-2-1-3-5-12)17-16-10-11-6-8-13(9-7-11)18(19)20/h1-10H,(H2,15,17)/b16-10+. The molecule has 100 valence electrons. The van der Waals surface area contributed by atoms with Crippen LogP contribution in [0.1, 0.15) is 11.1 Å². The van der Waals surface area contributed by atoms with Crippen LogP contribution in [0.5, 0.6) is 0 Å². The SMILES string of the molecule is N/C(=N\N=C\c1ccc([N+](=O)[O-])cc1)c1ccccc1. The Hall–Kier alpha value is -3.02. The number of rotatable bonds is 4. The molecule has 0 radical (unpaired) electrons. The van der Waals surface area contributed by atoms with Crippen molar-refractivity contribution in [3.8, 4) is 0 Å². The molecule has 6 nitrogen and oxygen atoms in total. The maximum atomic E-state index is 10.5. The van der Waals surface area contributed by atoms with Gasteiger partial charge in [0, 0.05) is 17.7 Å². The zero-order chi connectivity index (χ0) is 14.4. The summed E-state index contributed by atoms with van der Waals surface area (Å²) >= 11 is 0. The van der Waals surface area contributed by atoms with Gasteiger partial charge in [-0.3, -0.25) is 10.1 Å². The Bertz CT molecular complexity index is 649. The van der Waals surface area contributed by atoms with Gasteiger partial charge in [0.1, 0.15) is 0 Å². The lowest BCUT2D eigenvalue weighted by Gasteiger charge is -1.96. The Morgan fingerprint density at radius 2 is 1.75 bits per heavy atom. The Morgan fingerprint density at radius 3 is 2.35 bits per heavy atom. The van der Waals surface area contributed by atoms with Gasteiger partial charge in [-0.1, -0.05) is 30.3 Å². The minimum Gasteiger partial charge on any atom is -0.382 e. The van der Waals surface area contributed by atoms with Crippen molar-refractivity contribution in [2.45, 2.75) is 0 Å². The van der Waals surface area contributed by atoms with E-state index in [1.165, 1.54) is 18.3 Å². The topological polar surface area (TPSA) is 93.9 Å². The Kier molecular flexibility index (Phi) is 4.18. The van der Waals surface area contributed by atoms with E-state index in [0.717, 1.165) is 5.56 Å². The minimum absolute atomic E-state index is 0.0365. The first kappa shape index (κ1) is 13.4. The quantitative estimate of drug-likeness (QED) is 0.399. The first-order valence-electron chi connectivity index (χ1n) is 5.83. The van der Waals surface area contributed by atoms with Crippen molar-refractivity contribution in [1.29, 1.82) is 0 Å². The summed E-state index contributed by atoms with van der Waals surface area (Å²) in [6.45, 7) is 0. The van der Waals surface area contributed by atoms with E-state index in [-0.39, 0.29) is 5.69 Å². The average Bonchev–Trinajstić information content (AvgIpc) is 2.48. The number of non-ortho nitro benzene ring substituents is 1. The van der Waals surface area contributed by atoms with Gasteiger partial charge in [-0.15, -0.1) is 5.10 Å². The summed E-state index contributed by atoms with van der Waals surface area (Å²) in [5.74, 6) is 0.309. The molecule has 0 aliphatic carbocycles. The molecule has 2 N–H and O–H groups in total. The molecule has 2 rings (SSSR count). The molecule has 0 heterocycles. The summed E-state index contributed by atoms with van der Waals surface area (Å²) < 4.78 is 0. The summed E-state index contributed by atoms with van der Waals surface area (Å²) in [7, 11) is 0. The van der Waals surface area contributed by atoms with Gasteiger partial charge >= 0.3 is 0 Å². The number of nitro benzene ring substituents is 1. The molecule has 20 heavy (non-hydrogen) atoms. The predicted octanol–water partition coefficient (Wildman–Crippen LogP) is 2.33. The monoisotopic (exact) mass is 268 g/mol. The third-order valence-corrected chi connectivity index (χ3v) is 2.55. The van der Waals surface area contributed by atoms with Crippen LogP contribution in [0.15, 0.2) is 64.8 Å². The van der Waals surface area contributed by atoms with Gasteiger partial charge in [0.15, 0.2) is 5.84 Å². The highest BCUT2D eigenvalue weighted by Gasteiger charge is 2.02. The zero-order valence-electron chi connectivity index (χ0n) is 10.5. The molecule has 0 aromatic heterocycles. The number of nitro groups is 1. The first-order valence-corrected chi connectivity index (χ1v) is 5.83. The molecule has 2 aromatic carbocycles. The molecule has 6 heteroatoms. The van der Waals surface area contributed by atoms with Crippen molar-refractivity contribution < 1.29 is 4.92 Å². The number of nitrogens with two attached hydrogens (primary N) is 1. The molecular weight excluding hydrogens is 256 g/mol. The van der Waals surface area contributed by atoms with Crippen LogP contribution in [-0.2, 0) is 0 Å². The van der Waals surface area contributed by atoms with Crippen molar-refractivity contribution in [2.24, 2.45) is 15.9 Å². The number of benzene rings is 2. The molecule has 0 fully saturated rings. The van der Waals surface area contributed by atoms with E-state index in [0.29, 0.717) is 11.4 Å². The molecule has 0 atom stereocenters. The Labute approximate surface area is 115 Å². The smallest absolute Gasteiger partial charge is 0.269 e. The van der Waals surface area contributed by atoms with Crippen molar-refractivity contribution >= 4 is 17.7 Å². The fourth-order valence-electron chi connectivity index (χ4n) is 1.51. The molecule has 0 bridgehead atoms. The van der Waals surface area contributed by atoms with Crippen LogP contribution in [0.2, 0.25) is 0 Å². The number of hydrogen-bond acceptors (Lipinski definition) is 4. The molecule has 2 aromatic rings. The fourth-order valence-corrected chi connectivity index (χ4v) is 1.51. The molecule has 0 unspecified atom stereocenters. The fraction of sp³-hybridized carbons (Fsp3) is 0. The van der Waals surface area contributed by atoms with Crippen LogP contribution in [0.25, 0.3) is 0 Å². The number of hydrogen-bond donors (Lipinski definition) is 1. The highest BCUT2D eigenvalue weighted by atomic mass is 16.6. The lowest BCUT2D eigenvalue weighted by atomic mass is 10.2. The molecule has 0 saturated carbocycles. The summed E-state index contributed by atoms with van der Waals surface area (Å²) in [6.07, 6.45) is 1.49. The zero-order valence-corrected chi connectivity index (χ0v) is 10.5. The molecule has 0 amide bonds. The minimum atomic E-state index is -0.452. The maximum absolute atomic E-state index is 10.5. The molecule has 0 aliphatic heterocycles. The molecule has 0 aliphatic rings. The second-order valence-corrected chi connectivity index (χ2v) is 3.94. The largest absolute Gasteiger partial charge is 0.382 e. The van der Waals surface area contributed by atoms with Gasteiger partial charge in [-0.2, -0.15) is 5.10 Å². The molecular formula is C14H12N4O2. The molecule has 0 spiro atoms. The van der Waals surface area contributed by atoms with Crippen molar-refractivity contribution in [2.75, 3.05) is 0 Å². The van der Waals surface area contributed by atoms with Crippen LogP contribution in [0, 0.1) is 10.1 Å². The number of nitrogens with zero attached hydrogens (tertiary/aromatic N) is 3. The van der Waals surface area contributed by atoms with E-state index in [1.54, 1.807) is 12.1 Å². The van der Waals surface area contributed by atoms with Gasteiger partial charge in [-0.05, 0) is 17.7 Å². The van der Waals surface area contributed by atoms with Crippen LogP contribution in [-0.4, -0.2) is 17.0 Å². The highest BCUT2D eigenvalue weighted by Crippen LogP contribution is 2.10. The van der Waals surface area contributed by atoms with Crippen molar-refractivity contribution in [3.05, 3.63) is 75.8 Å². The van der Waals surface area contributed by atoms with Gasteiger partial charge in [0.2, 0.25) is 0 Å². The first-order chi connectivity index (χ1) is 9.66. The number of amidine groups is 1. The van der Waals surface area contributed by atoms with Crippen molar-refractivity contribution in [3.63, 3.8) is 0 Å². The summed E-state index contributed by atoms with van der Waals surface area (Å²) in [6, 6.07) is 15.3. The van der Waals surface area contributed by atoms with E-state index < -0.39 is 4.92 Å². The normalized spacial score (nSPS) is 11.7. The lowest BCUT2D eigenvalue weighted by Crippen LogP contribution is -2.12. The van der Waals surface area contributed by atoms with E-state index in [4.69, 9.17) is 5.73 Å². The van der Waals surface area contributed by atoms with Gasteiger partial charge in [-0.25, -0.2) is 0 Å². The van der Waals surface area contributed by atoms with Gasteiger partial charge in [0.25, 0.3) is 5.69 Å². The maximum Gasteiger partial charge on any atom is 0.269 e. The van der Waals surface area contributed by atoms with Gasteiger partial charge in [0.05, 0.1) is 11.1 Å². The summed E-state index contributed by atoms with van der Waals surface area (Å²) in [5.41, 5.74) is 7.30. The summed E-state index contributed by atoms with van der Waals surface area (Å²) in [5, 5.41) is 18.2. The Morgan fingerprint density at radius 1 is 1.10 bits per heavy atom. The van der Waals surface area contributed by atoms with Crippen LogP contribution in [0.3, 0.4) is 0 Å². The van der Waals surface area contributed by atoms with E-state index in [2.05, 4.69) is 10.2 Å². The van der Waals surface area contributed by atoms with Crippen LogP contribution >= 0.6 is 0 Å². The van der Waals surface area contributed by atoms with Crippen LogP contribution < -0.4 is 5.73 Å². The van der Waals surface area contributed by atoms with E-state index in [1.807, 2.05) is 30.3 Å². The highest BCUT2D eigenvalue weighted by molar-refractivity contribution is 5.97. The lowest BCUT2D eigenvalue weighted by molar-refractivity contribution is -0.384. The van der Waals surface area contributed by atoms with E-state index in [9.17, 15) is 10.1 Å². The molecule has 0 saturated heterocycles. The third kappa shape index (κ3) is 3.49. The Balaban J connectivity index is 2.08. The van der Waals surface area contributed by atoms with Crippen LogP contribution in [0.4, 0.5) is 5.69 Å². The second kappa shape index (κ2) is 6.24. The third-order valence-electron chi connectivity index (χ3n) is 2.55. The second-order valence-electron chi connectivity index (χ2n) is 3.94. The van der Waals surface area contributed by atoms with Gasteiger partial charge < -0.3 is 5.73 Å². The summed E-state index contributed by atoms with van der Waals surface area (Å²) in [4.78, 5) is 10.1. The average molecular weight is 268 g/mol. The predicted molar refractivity (Wildman–Crippen MR) is 77.9 cm³/mol.